The Labute approximate surface area is 210 Å². The number of anilines is 4. The van der Waals surface area contributed by atoms with E-state index in [2.05, 4.69) is 20.9 Å². The van der Waals surface area contributed by atoms with E-state index in [1.165, 1.54) is 43.6 Å². The minimum atomic E-state index is -4.74. The summed E-state index contributed by atoms with van der Waals surface area (Å²) >= 11 is 5.60. The lowest BCUT2D eigenvalue weighted by atomic mass is 10.1. The molecule has 0 aliphatic carbocycles. The highest BCUT2D eigenvalue weighted by Gasteiger charge is 2.33. The number of hydrogen-bond acceptors (Lipinski definition) is 7. The van der Waals surface area contributed by atoms with Crippen LogP contribution in [-0.4, -0.2) is 17.9 Å². The first-order valence-corrected chi connectivity index (χ1v) is 10.8. The molecule has 4 rings (SSSR count). The number of halogens is 5. The van der Waals surface area contributed by atoms with Crippen LogP contribution in [0.25, 0.3) is 0 Å². The van der Waals surface area contributed by atoms with E-state index >= 15 is 0 Å². The normalized spacial score (nSPS) is 11.3. The second-order valence-electron chi connectivity index (χ2n) is 7.55. The third-order valence-corrected chi connectivity index (χ3v) is 5.41. The zero-order chi connectivity index (χ0) is 26.9. The van der Waals surface area contributed by atoms with Gasteiger partial charge in [-0.1, -0.05) is 11.6 Å². The Balaban J connectivity index is 1.54. The lowest BCUT2D eigenvalue weighted by Crippen LogP contribution is -2.36. The molecule has 3 N–H and O–H groups in total. The Hall–Kier alpha value is -4.45. The van der Waals surface area contributed by atoms with Crippen LogP contribution in [-0.2, 0) is 6.18 Å². The van der Waals surface area contributed by atoms with Gasteiger partial charge in [0.25, 0.3) is 16.8 Å². The van der Waals surface area contributed by atoms with E-state index in [0.29, 0.717) is 6.07 Å². The first-order valence-electron chi connectivity index (χ1n) is 10.4. The molecule has 0 unspecified atom stereocenters. The monoisotopic (exact) mass is 534 g/mol. The smallest absolute Gasteiger partial charge is 0.417 e. The summed E-state index contributed by atoms with van der Waals surface area (Å²) in [4.78, 5) is 39.7. The van der Waals surface area contributed by atoms with Crippen molar-refractivity contribution in [1.82, 2.24) is 10.3 Å². The first-order chi connectivity index (χ1) is 17.5. The SMILES string of the molecule is CNC(=O)c1cc(Oc2ccc(Nc3c(Nc4ccc(Cl)c(C(F)(F)F)c4)c(=O)c3=O)c(F)c2)ccn1. The number of rotatable bonds is 7. The Bertz CT molecular complexity index is 1580. The molecular formula is C24H15ClF4N4O4. The Morgan fingerprint density at radius 1 is 0.946 bits per heavy atom. The van der Waals surface area contributed by atoms with E-state index in [-0.39, 0.29) is 39.9 Å². The summed E-state index contributed by atoms with van der Waals surface area (Å²) in [6.07, 6.45) is -3.40. The molecule has 0 saturated heterocycles. The van der Waals surface area contributed by atoms with Gasteiger partial charge < -0.3 is 20.7 Å². The number of nitrogens with one attached hydrogen (secondary N) is 3. The summed E-state index contributed by atoms with van der Waals surface area (Å²) in [7, 11) is 1.44. The van der Waals surface area contributed by atoms with E-state index in [0.717, 1.165) is 12.1 Å². The quantitative estimate of drug-likeness (QED) is 0.223. The van der Waals surface area contributed by atoms with Crippen LogP contribution in [0.1, 0.15) is 16.1 Å². The van der Waals surface area contributed by atoms with Gasteiger partial charge in [0.1, 0.15) is 34.4 Å². The van der Waals surface area contributed by atoms with Crippen molar-refractivity contribution in [3.05, 3.63) is 97.3 Å². The molecule has 1 amide bonds. The number of ether oxygens (including phenoxy) is 1. The molecule has 1 aromatic heterocycles. The molecule has 0 radical (unpaired) electrons. The minimum Gasteiger partial charge on any atom is -0.457 e. The van der Waals surface area contributed by atoms with Gasteiger partial charge in [-0.15, -0.1) is 0 Å². The topological polar surface area (TPSA) is 109 Å². The molecule has 0 aliphatic heterocycles. The van der Waals surface area contributed by atoms with Gasteiger partial charge >= 0.3 is 6.18 Å². The lowest BCUT2D eigenvalue weighted by Gasteiger charge is -2.17. The average Bonchev–Trinajstić information content (AvgIpc) is 2.86. The molecule has 0 aliphatic rings. The molecule has 37 heavy (non-hydrogen) atoms. The Morgan fingerprint density at radius 3 is 2.27 bits per heavy atom. The summed E-state index contributed by atoms with van der Waals surface area (Å²) in [5.41, 5.74) is -4.03. The molecule has 190 valence electrons. The third kappa shape index (κ3) is 5.38. The maximum absolute atomic E-state index is 14.7. The van der Waals surface area contributed by atoms with Crippen LogP contribution in [0.3, 0.4) is 0 Å². The van der Waals surface area contributed by atoms with Crippen LogP contribution in [0, 0.1) is 5.82 Å². The standard InChI is InChI=1S/C24H15ClF4N4O4/c1-30-23(36)18-10-13(6-7-31-18)37-12-3-5-17(16(26)9-12)33-20-19(21(34)22(20)35)32-11-2-4-15(25)14(8-11)24(27,28)29/h2-10,32-33H,1H3,(H,30,36). The maximum Gasteiger partial charge on any atom is 0.417 e. The highest BCUT2D eigenvalue weighted by Crippen LogP contribution is 2.37. The molecule has 0 bridgehead atoms. The Morgan fingerprint density at radius 2 is 1.62 bits per heavy atom. The van der Waals surface area contributed by atoms with Crippen molar-refractivity contribution in [2.45, 2.75) is 6.18 Å². The van der Waals surface area contributed by atoms with E-state index < -0.39 is 39.3 Å². The molecule has 4 aromatic rings. The van der Waals surface area contributed by atoms with Gasteiger partial charge in [0.15, 0.2) is 0 Å². The zero-order valence-corrected chi connectivity index (χ0v) is 19.4. The van der Waals surface area contributed by atoms with E-state index in [4.69, 9.17) is 16.3 Å². The predicted molar refractivity (Wildman–Crippen MR) is 128 cm³/mol. The molecule has 8 nitrogen and oxygen atoms in total. The molecule has 13 heteroatoms. The maximum atomic E-state index is 14.7. The number of amides is 1. The van der Waals surface area contributed by atoms with Crippen molar-refractivity contribution in [3.8, 4) is 11.5 Å². The number of carbonyl (C=O) groups excluding carboxylic acids is 1. The lowest BCUT2D eigenvalue weighted by molar-refractivity contribution is -0.137. The van der Waals surface area contributed by atoms with Crippen molar-refractivity contribution < 1.29 is 27.1 Å². The van der Waals surface area contributed by atoms with Gasteiger partial charge in [0, 0.05) is 31.1 Å². The van der Waals surface area contributed by atoms with E-state index in [1.54, 1.807) is 0 Å². The molecule has 1 heterocycles. The number of aromatic nitrogens is 1. The molecule has 0 saturated carbocycles. The predicted octanol–water partition coefficient (Wildman–Crippen LogP) is 5.13. The van der Waals surface area contributed by atoms with Crippen LogP contribution in [0.15, 0.2) is 64.3 Å². The first kappa shape index (κ1) is 25.6. The van der Waals surface area contributed by atoms with Gasteiger partial charge in [0.2, 0.25) is 0 Å². The van der Waals surface area contributed by atoms with Crippen LogP contribution in [0.4, 0.5) is 40.3 Å². The third-order valence-electron chi connectivity index (χ3n) is 5.08. The highest BCUT2D eigenvalue weighted by atomic mass is 35.5. The summed E-state index contributed by atoms with van der Waals surface area (Å²) in [6, 6.07) is 9.27. The summed E-state index contributed by atoms with van der Waals surface area (Å²) in [5.74, 6) is -1.03. The fraction of sp³-hybridized carbons (Fsp3) is 0.0833. The molecule has 3 aromatic carbocycles. The van der Waals surface area contributed by atoms with E-state index in [9.17, 15) is 31.9 Å². The van der Waals surface area contributed by atoms with Gasteiger partial charge in [-0.3, -0.25) is 19.4 Å². The minimum absolute atomic E-state index is 0.0568. The second kappa shape index (κ2) is 9.90. The zero-order valence-electron chi connectivity index (χ0n) is 18.7. The number of carbonyl (C=O) groups is 1. The fourth-order valence-corrected chi connectivity index (χ4v) is 3.48. The second-order valence-corrected chi connectivity index (χ2v) is 7.96. The number of nitrogens with zero attached hydrogens (tertiary/aromatic N) is 1. The van der Waals surface area contributed by atoms with Gasteiger partial charge in [-0.05, 0) is 36.4 Å². The molecule has 0 fully saturated rings. The molecule has 0 spiro atoms. The summed E-state index contributed by atoms with van der Waals surface area (Å²) in [6.45, 7) is 0. The summed E-state index contributed by atoms with van der Waals surface area (Å²) < 4.78 is 59.7. The number of hydrogen-bond donors (Lipinski definition) is 3. The van der Waals surface area contributed by atoms with Gasteiger partial charge in [0.05, 0.1) is 16.3 Å². The number of alkyl halides is 3. The molecule has 0 atom stereocenters. The average molecular weight is 535 g/mol. The van der Waals surface area contributed by atoms with Crippen LogP contribution < -0.4 is 31.5 Å². The Kier molecular flexibility index (Phi) is 6.86. The highest BCUT2D eigenvalue weighted by molar-refractivity contribution is 6.31. The fourth-order valence-electron chi connectivity index (χ4n) is 3.25. The van der Waals surface area contributed by atoms with Crippen LogP contribution in [0.2, 0.25) is 5.02 Å². The molecular weight excluding hydrogens is 520 g/mol. The number of pyridine rings is 1. The van der Waals surface area contributed by atoms with Gasteiger partial charge in [-0.25, -0.2) is 4.39 Å². The van der Waals surface area contributed by atoms with Crippen molar-refractivity contribution in [2.24, 2.45) is 0 Å². The van der Waals surface area contributed by atoms with E-state index in [1.807, 2.05) is 0 Å². The van der Waals surface area contributed by atoms with Crippen molar-refractivity contribution in [2.75, 3.05) is 17.7 Å². The largest absolute Gasteiger partial charge is 0.457 e. The van der Waals surface area contributed by atoms with Crippen molar-refractivity contribution in [1.29, 1.82) is 0 Å². The van der Waals surface area contributed by atoms with Crippen LogP contribution >= 0.6 is 11.6 Å². The van der Waals surface area contributed by atoms with Gasteiger partial charge in [-0.2, -0.15) is 13.2 Å². The van der Waals surface area contributed by atoms with Crippen molar-refractivity contribution in [3.63, 3.8) is 0 Å². The number of benzene rings is 2. The van der Waals surface area contributed by atoms with Crippen molar-refractivity contribution >= 4 is 40.3 Å². The van der Waals surface area contributed by atoms with Crippen LogP contribution in [0.5, 0.6) is 11.5 Å². The summed E-state index contributed by atoms with van der Waals surface area (Å²) in [5, 5.41) is 6.81.